The van der Waals surface area contributed by atoms with E-state index in [1.165, 1.54) is 5.56 Å². The highest BCUT2D eigenvalue weighted by Gasteiger charge is 2.22. The average Bonchev–Trinajstić information content (AvgIpc) is 2.39. The van der Waals surface area contributed by atoms with Gasteiger partial charge in [0.05, 0.1) is 0 Å². The lowest BCUT2D eigenvalue weighted by Crippen LogP contribution is -2.30. The maximum atomic E-state index is 10.4. The van der Waals surface area contributed by atoms with Crippen LogP contribution >= 0.6 is 0 Å². The molecular weight excluding hydrogens is 222 g/mol. The standard InChI is InChI=1S/C16H19NO/c1-13-8-10-15(11-9-13)17-12-16(2,18)14-6-4-3-5-7-14/h3-11,17-18H,12H2,1-2H3. The Balaban J connectivity index is 2.03. The van der Waals surface area contributed by atoms with E-state index in [-0.39, 0.29) is 0 Å². The molecule has 0 bridgehead atoms. The van der Waals surface area contributed by atoms with Crippen LogP contribution in [-0.2, 0) is 5.60 Å². The van der Waals surface area contributed by atoms with Gasteiger partial charge in [0.1, 0.15) is 5.60 Å². The Labute approximate surface area is 108 Å². The quantitative estimate of drug-likeness (QED) is 0.860. The number of aryl methyl sites for hydroxylation is 1. The van der Waals surface area contributed by atoms with E-state index >= 15 is 0 Å². The highest BCUT2D eigenvalue weighted by molar-refractivity contribution is 5.45. The van der Waals surface area contributed by atoms with Gasteiger partial charge in [0.2, 0.25) is 0 Å². The second kappa shape index (κ2) is 5.23. The molecular formula is C16H19NO. The Hall–Kier alpha value is -1.80. The zero-order chi connectivity index (χ0) is 13.0. The molecule has 2 rings (SSSR count). The summed E-state index contributed by atoms with van der Waals surface area (Å²) in [7, 11) is 0. The highest BCUT2D eigenvalue weighted by atomic mass is 16.3. The molecule has 0 saturated carbocycles. The van der Waals surface area contributed by atoms with Crippen molar-refractivity contribution in [3.63, 3.8) is 0 Å². The molecule has 2 aromatic rings. The van der Waals surface area contributed by atoms with Crippen LogP contribution in [0.15, 0.2) is 54.6 Å². The van der Waals surface area contributed by atoms with Gasteiger partial charge in [0.25, 0.3) is 0 Å². The van der Waals surface area contributed by atoms with Gasteiger partial charge in [-0.1, -0.05) is 48.0 Å². The lowest BCUT2D eigenvalue weighted by Gasteiger charge is -2.24. The summed E-state index contributed by atoms with van der Waals surface area (Å²) in [5.74, 6) is 0. The van der Waals surface area contributed by atoms with E-state index in [1.54, 1.807) is 0 Å². The predicted molar refractivity (Wildman–Crippen MR) is 75.7 cm³/mol. The maximum absolute atomic E-state index is 10.4. The van der Waals surface area contributed by atoms with Crippen LogP contribution in [-0.4, -0.2) is 11.7 Å². The van der Waals surface area contributed by atoms with E-state index in [9.17, 15) is 5.11 Å². The van der Waals surface area contributed by atoms with Gasteiger partial charge in [-0.3, -0.25) is 0 Å². The summed E-state index contributed by atoms with van der Waals surface area (Å²) in [6.45, 7) is 4.37. The zero-order valence-electron chi connectivity index (χ0n) is 10.9. The molecule has 0 saturated heterocycles. The second-order valence-electron chi connectivity index (χ2n) is 4.86. The summed E-state index contributed by atoms with van der Waals surface area (Å²) >= 11 is 0. The Morgan fingerprint density at radius 1 is 1.00 bits per heavy atom. The highest BCUT2D eigenvalue weighted by Crippen LogP contribution is 2.21. The Bertz CT molecular complexity index is 488. The van der Waals surface area contributed by atoms with E-state index in [0.29, 0.717) is 6.54 Å². The van der Waals surface area contributed by atoms with Crippen molar-refractivity contribution in [3.05, 3.63) is 65.7 Å². The third kappa shape index (κ3) is 3.11. The van der Waals surface area contributed by atoms with Crippen molar-refractivity contribution in [2.24, 2.45) is 0 Å². The molecule has 2 nitrogen and oxygen atoms in total. The first-order valence-electron chi connectivity index (χ1n) is 6.16. The van der Waals surface area contributed by atoms with Crippen LogP contribution in [0.1, 0.15) is 18.1 Å². The fourth-order valence-electron chi connectivity index (χ4n) is 1.84. The van der Waals surface area contributed by atoms with Gasteiger partial charge < -0.3 is 10.4 Å². The van der Waals surface area contributed by atoms with Crippen molar-refractivity contribution in [3.8, 4) is 0 Å². The van der Waals surface area contributed by atoms with Gasteiger partial charge in [-0.15, -0.1) is 0 Å². The van der Waals surface area contributed by atoms with Crippen LogP contribution in [0, 0.1) is 6.92 Å². The largest absolute Gasteiger partial charge is 0.384 e. The van der Waals surface area contributed by atoms with Crippen molar-refractivity contribution in [1.82, 2.24) is 0 Å². The van der Waals surface area contributed by atoms with Crippen LogP contribution in [0.3, 0.4) is 0 Å². The topological polar surface area (TPSA) is 32.3 Å². The van der Waals surface area contributed by atoms with Crippen LogP contribution in [0.2, 0.25) is 0 Å². The van der Waals surface area contributed by atoms with E-state index in [1.807, 2.05) is 49.4 Å². The van der Waals surface area contributed by atoms with Gasteiger partial charge in [0, 0.05) is 12.2 Å². The van der Waals surface area contributed by atoms with Crippen molar-refractivity contribution in [1.29, 1.82) is 0 Å². The summed E-state index contributed by atoms with van der Waals surface area (Å²) in [5.41, 5.74) is 2.31. The number of hydrogen-bond donors (Lipinski definition) is 2. The first-order valence-corrected chi connectivity index (χ1v) is 6.16. The molecule has 0 aliphatic rings. The molecule has 1 atom stereocenters. The first kappa shape index (κ1) is 12.7. The van der Waals surface area contributed by atoms with Crippen molar-refractivity contribution >= 4 is 5.69 Å². The fraction of sp³-hybridized carbons (Fsp3) is 0.250. The SMILES string of the molecule is Cc1ccc(NCC(C)(O)c2ccccc2)cc1. The van der Waals surface area contributed by atoms with Gasteiger partial charge >= 0.3 is 0 Å². The molecule has 0 spiro atoms. The van der Waals surface area contributed by atoms with E-state index in [4.69, 9.17) is 0 Å². The summed E-state index contributed by atoms with van der Waals surface area (Å²) in [6.07, 6.45) is 0. The molecule has 0 amide bonds. The van der Waals surface area contributed by atoms with E-state index in [2.05, 4.69) is 24.4 Å². The van der Waals surface area contributed by atoms with Gasteiger partial charge in [-0.2, -0.15) is 0 Å². The van der Waals surface area contributed by atoms with Crippen LogP contribution in [0.4, 0.5) is 5.69 Å². The number of benzene rings is 2. The van der Waals surface area contributed by atoms with Gasteiger partial charge in [-0.25, -0.2) is 0 Å². The smallest absolute Gasteiger partial charge is 0.104 e. The number of hydrogen-bond acceptors (Lipinski definition) is 2. The molecule has 0 aromatic heterocycles. The molecule has 18 heavy (non-hydrogen) atoms. The lowest BCUT2D eigenvalue weighted by molar-refractivity contribution is 0.0715. The van der Waals surface area contributed by atoms with Gasteiger partial charge in [-0.05, 0) is 31.5 Å². The van der Waals surface area contributed by atoms with Crippen LogP contribution < -0.4 is 5.32 Å². The van der Waals surface area contributed by atoms with Gasteiger partial charge in [0.15, 0.2) is 0 Å². The number of aliphatic hydroxyl groups is 1. The molecule has 0 fully saturated rings. The second-order valence-corrected chi connectivity index (χ2v) is 4.86. The fourth-order valence-corrected chi connectivity index (χ4v) is 1.84. The monoisotopic (exact) mass is 241 g/mol. The molecule has 2 aromatic carbocycles. The average molecular weight is 241 g/mol. The molecule has 2 heteroatoms. The first-order chi connectivity index (χ1) is 8.58. The summed E-state index contributed by atoms with van der Waals surface area (Å²) in [6, 6.07) is 17.9. The minimum atomic E-state index is -0.869. The number of rotatable bonds is 4. The molecule has 94 valence electrons. The molecule has 0 radical (unpaired) electrons. The third-order valence-corrected chi connectivity index (χ3v) is 3.08. The van der Waals surface area contributed by atoms with E-state index in [0.717, 1.165) is 11.3 Å². The molecule has 1 unspecified atom stereocenters. The minimum absolute atomic E-state index is 0.486. The van der Waals surface area contributed by atoms with Crippen molar-refractivity contribution in [2.75, 3.05) is 11.9 Å². The van der Waals surface area contributed by atoms with Crippen LogP contribution in [0.5, 0.6) is 0 Å². The number of nitrogens with one attached hydrogen (secondary N) is 1. The summed E-state index contributed by atoms with van der Waals surface area (Å²) < 4.78 is 0. The predicted octanol–water partition coefficient (Wildman–Crippen LogP) is 3.31. The Morgan fingerprint density at radius 2 is 1.61 bits per heavy atom. The van der Waals surface area contributed by atoms with Crippen LogP contribution in [0.25, 0.3) is 0 Å². The minimum Gasteiger partial charge on any atom is -0.384 e. The Morgan fingerprint density at radius 3 is 2.22 bits per heavy atom. The number of anilines is 1. The molecule has 0 aliphatic carbocycles. The third-order valence-electron chi connectivity index (χ3n) is 3.08. The summed E-state index contributed by atoms with van der Waals surface area (Å²) in [5, 5.41) is 13.7. The molecule has 2 N–H and O–H groups in total. The van der Waals surface area contributed by atoms with Crippen molar-refractivity contribution in [2.45, 2.75) is 19.4 Å². The van der Waals surface area contributed by atoms with E-state index < -0.39 is 5.60 Å². The normalized spacial score (nSPS) is 13.9. The maximum Gasteiger partial charge on any atom is 0.104 e. The van der Waals surface area contributed by atoms with Crippen molar-refractivity contribution < 1.29 is 5.11 Å². The summed E-state index contributed by atoms with van der Waals surface area (Å²) in [4.78, 5) is 0. The zero-order valence-corrected chi connectivity index (χ0v) is 10.9. The Kier molecular flexibility index (Phi) is 3.68. The molecule has 0 aliphatic heterocycles. The molecule has 0 heterocycles. The lowest BCUT2D eigenvalue weighted by atomic mass is 9.96.